The fourth-order valence-corrected chi connectivity index (χ4v) is 3.57. The Morgan fingerprint density at radius 2 is 1.50 bits per heavy atom. The zero-order valence-corrected chi connectivity index (χ0v) is 15.0. The van der Waals surface area contributed by atoms with Crippen molar-refractivity contribution in [3.8, 4) is 0 Å². The zero-order valence-electron chi connectivity index (χ0n) is 15.0. The first-order valence-electron chi connectivity index (χ1n) is 8.02. The van der Waals surface area contributed by atoms with Crippen LogP contribution in [-0.2, 0) is 0 Å². The molecule has 0 bridgehead atoms. The van der Waals surface area contributed by atoms with Gasteiger partial charge in [-0.1, -0.05) is 29.4 Å². The lowest BCUT2D eigenvalue weighted by molar-refractivity contribution is 0.210. The monoisotopic (exact) mass is 296 g/mol. The molecule has 1 aliphatic carbocycles. The SMILES string of the molecule is CC1=CC(C)=C(C(O)c2c(C)cc(C)c(C)c2C)CC(C)=C1. The summed E-state index contributed by atoms with van der Waals surface area (Å²) in [6, 6.07) is 2.19. The molecule has 0 heterocycles. The van der Waals surface area contributed by atoms with Crippen LogP contribution >= 0.6 is 0 Å². The van der Waals surface area contributed by atoms with Gasteiger partial charge < -0.3 is 5.11 Å². The Morgan fingerprint density at radius 3 is 2.14 bits per heavy atom. The maximum absolute atomic E-state index is 11.1. The lowest BCUT2D eigenvalue weighted by Gasteiger charge is -2.23. The second-order valence-corrected chi connectivity index (χ2v) is 6.84. The summed E-state index contributed by atoms with van der Waals surface area (Å²) in [6.07, 6.45) is 4.71. The van der Waals surface area contributed by atoms with Crippen molar-refractivity contribution < 1.29 is 5.11 Å². The largest absolute Gasteiger partial charge is 0.384 e. The minimum atomic E-state index is -0.523. The predicted molar refractivity (Wildman–Crippen MR) is 95.2 cm³/mol. The molecule has 1 N–H and O–H groups in total. The Kier molecular flexibility index (Phi) is 4.77. The maximum Gasteiger partial charge on any atom is 0.101 e. The van der Waals surface area contributed by atoms with Crippen LogP contribution in [0, 0.1) is 27.7 Å². The lowest BCUT2D eigenvalue weighted by Crippen LogP contribution is -2.10. The standard InChI is InChI=1S/C21H28O/c1-12-8-13(2)10-19(15(4)9-12)21(22)20-16(5)11-14(3)17(6)18(20)7/h8-9,11,21-22H,10H2,1-7H3. The molecule has 0 saturated carbocycles. The second-order valence-electron chi connectivity index (χ2n) is 6.84. The predicted octanol–water partition coefficient (Wildman–Crippen LogP) is 5.57. The molecule has 118 valence electrons. The van der Waals surface area contributed by atoms with Crippen molar-refractivity contribution in [2.75, 3.05) is 0 Å². The summed E-state index contributed by atoms with van der Waals surface area (Å²) in [5, 5.41) is 11.1. The van der Waals surface area contributed by atoms with Crippen molar-refractivity contribution in [1.29, 1.82) is 0 Å². The fourth-order valence-electron chi connectivity index (χ4n) is 3.57. The van der Waals surface area contributed by atoms with Gasteiger partial charge in [-0.05, 0) is 93.9 Å². The van der Waals surface area contributed by atoms with Gasteiger partial charge in [0.15, 0.2) is 0 Å². The van der Waals surface area contributed by atoms with Gasteiger partial charge in [0.2, 0.25) is 0 Å². The summed E-state index contributed by atoms with van der Waals surface area (Å²) >= 11 is 0. The number of aryl methyl sites for hydroxylation is 2. The van der Waals surface area contributed by atoms with Crippen LogP contribution in [0.4, 0.5) is 0 Å². The van der Waals surface area contributed by atoms with Gasteiger partial charge in [-0.2, -0.15) is 0 Å². The van der Waals surface area contributed by atoms with E-state index in [-0.39, 0.29) is 0 Å². The maximum atomic E-state index is 11.1. The van der Waals surface area contributed by atoms with Crippen LogP contribution in [0.3, 0.4) is 0 Å². The minimum Gasteiger partial charge on any atom is -0.384 e. The molecular weight excluding hydrogens is 268 g/mol. The molecule has 1 aromatic carbocycles. The highest BCUT2D eigenvalue weighted by atomic mass is 16.3. The van der Waals surface area contributed by atoms with Crippen molar-refractivity contribution in [2.24, 2.45) is 0 Å². The van der Waals surface area contributed by atoms with Crippen LogP contribution in [0.1, 0.15) is 61.1 Å². The number of aliphatic hydroxyl groups excluding tert-OH is 1. The third-order valence-corrected chi connectivity index (χ3v) is 4.91. The molecule has 0 spiro atoms. The van der Waals surface area contributed by atoms with E-state index in [1.807, 2.05) is 0 Å². The molecule has 0 amide bonds. The van der Waals surface area contributed by atoms with Gasteiger partial charge in [-0.25, -0.2) is 0 Å². The number of aliphatic hydroxyl groups is 1. The van der Waals surface area contributed by atoms with Crippen LogP contribution < -0.4 is 0 Å². The summed E-state index contributed by atoms with van der Waals surface area (Å²) in [7, 11) is 0. The summed E-state index contributed by atoms with van der Waals surface area (Å²) in [5.41, 5.74) is 10.9. The molecule has 1 aliphatic rings. The van der Waals surface area contributed by atoms with E-state index in [1.54, 1.807) is 0 Å². The van der Waals surface area contributed by atoms with Crippen LogP contribution in [0.15, 0.2) is 40.5 Å². The molecule has 2 rings (SSSR count). The quantitative estimate of drug-likeness (QED) is 0.756. The number of allylic oxidation sites excluding steroid dienone is 5. The first-order valence-corrected chi connectivity index (χ1v) is 8.02. The average molecular weight is 296 g/mol. The third-order valence-electron chi connectivity index (χ3n) is 4.91. The highest BCUT2D eigenvalue weighted by Gasteiger charge is 2.22. The van der Waals surface area contributed by atoms with E-state index in [0.717, 1.165) is 17.6 Å². The molecule has 22 heavy (non-hydrogen) atoms. The van der Waals surface area contributed by atoms with E-state index in [2.05, 4.69) is 66.7 Å². The van der Waals surface area contributed by atoms with Crippen molar-refractivity contribution in [3.05, 3.63) is 68.3 Å². The average Bonchev–Trinajstić information content (AvgIpc) is 2.53. The second kappa shape index (κ2) is 6.26. The molecule has 0 saturated heterocycles. The topological polar surface area (TPSA) is 20.2 Å². The van der Waals surface area contributed by atoms with Crippen molar-refractivity contribution in [1.82, 2.24) is 0 Å². The van der Waals surface area contributed by atoms with Gasteiger partial charge in [0.05, 0.1) is 0 Å². The Hall–Kier alpha value is -1.60. The summed E-state index contributed by atoms with van der Waals surface area (Å²) in [6.45, 7) is 14.9. The molecular formula is C21H28O. The van der Waals surface area contributed by atoms with Crippen molar-refractivity contribution in [2.45, 2.75) is 61.0 Å². The molecule has 0 aliphatic heterocycles. The Morgan fingerprint density at radius 1 is 0.864 bits per heavy atom. The molecule has 1 atom stereocenters. The molecule has 0 fully saturated rings. The smallest absolute Gasteiger partial charge is 0.101 e. The first-order chi connectivity index (χ1) is 10.2. The minimum absolute atomic E-state index is 0.523. The molecule has 1 aromatic rings. The first kappa shape index (κ1) is 16.8. The van der Waals surface area contributed by atoms with Gasteiger partial charge in [-0.15, -0.1) is 0 Å². The Bertz CT molecular complexity index is 699. The van der Waals surface area contributed by atoms with E-state index in [4.69, 9.17) is 0 Å². The van der Waals surface area contributed by atoms with Gasteiger partial charge in [0, 0.05) is 0 Å². The fraction of sp³-hybridized carbons (Fsp3) is 0.429. The van der Waals surface area contributed by atoms with Gasteiger partial charge in [0.25, 0.3) is 0 Å². The summed E-state index contributed by atoms with van der Waals surface area (Å²) in [4.78, 5) is 0. The van der Waals surface area contributed by atoms with E-state index in [0.29, 0.717) is 0 Å². The molecule has 0 radical (unpaired) electrons. The molecule has 0 aromatic heterocycles. The van der Waals surface area contributed by atoms with Crippen molar-refractivity contribution in [3.63, 3.8) is 0 Å². The van der Waals surface area contributed by atoms with Crippen LogP contribution in [0.25, 0.3) is 0 Å². The lowest BCUT2D eigenvalue weighted by atomic mass is 9.85. The van der Waals surface area contributed by atoms with E-state index in [1.165, 1.54) is 39.0 Å². The number of rotatable bonds is 2. The Labute approximate surface area is 135 Å². The number of benzene rings is 1. The number of hydrogen-bond acceptors (Lipinski definition) is 1. The van der Waals surface area contributed by atoms with E-state index >= 15 is 0 Å². The molecule has 1 heteroatoms. The van der Waals surface area contributed by atoms with Gasteiger partial charge in [-0.3, -0.25) is 0 Å². The van der Waals surface area contributed by atoms with Gasteiger partial charge >= 0.3 is 0 Å². The Balaban J connectivity index is 2.58. The van der Waals surface area contributed by atoms with Crippen LogP contribution in [0.2, 0.25) is 0 Å². The summed E-state index contributed by atoms with van der Waals surface area (Å²) in [5.74, 6) is 0. The molecule has 1 unspecified atom stereocenters. The van der Waals surface area contributed by atoms with E-state index < -0.39 is 6.10 Å². The number of hydrogen-bond donors (Lipinski definition) is 1. The summed E-state index contributed by atoms with van der Waals surface area (Å²) < 4.78 is 0. The van der Waals surface area contributed by atoms with Gasteiger partial charge in [0.1, 0.15) is 6.10 Å². The normalized spacial score (nSPS) is 17.1. The zero-order chi connectivity index (χ0) is 16.6. The van der Waals surface area contributed by atoms with Crippen LogP contribution in [0.5, 0.6) is 0 Å². The van der Waals surface area contributed by atoms with Crippen molar-refractivity contribution >= 4 is 0 Å². The highest BCUT2D eigenvalue weighted by Crippen LogP contribution is 2.36. The van der Waals surface area contributed by atoms with E-state index in [9.17, 15) is 5.11 Å². The third kappa shape index (κ3) is 3.10. The highest BCUT2D eigenvalue weighted by molar-refractivity contribution is 5.50. The van der Waals surface area contributed by atoms with Crippen LogP contribution in [-0.4, -0.2) is 5.11 Å². The molecule has 1 nitrogen and oxygen atoms in total.